The van der Waals surface area contributed by atoms with E-state index in [4.69, 9.17) is 4.74 Å². The number of aryl methyl sites for hydroxylation is 1. The molecule has 120 valence electrons. The third kappa shape index (κ3) is 2.60. The number of hydrogen-bond donors (Lipinski definition) is 0. The second-order valence-electron chi connectivity index (χ2n) is 5.43. The molecule has 1 heterocycles. The van der Waals surface area contributed by atoms with Crippen LogP contribution in [-0.2, 0) is 4.74 Å². The van der Waals surface area contributed by atoms with Crippen LogP contribution in [0.2, 0.25) is 0 Å². The molecule has 0 aliphatic carbocycles. The molecular formula is C19H15NO4. The molecule has 24 heavy (non-hydrogen) atoms. The van der Waals surface area contributed by atoms with Crippen LogP contribution in [0.1, 0.15) is 36.6 Å². The van der Waals surface area contributed by atoms with E-state index < -0.39 is 17.8 Å². The Hall–Kier alpha value is -3.21. The van der Waals surface area contributed by atoms with Crippen molar-refractivity contribution in [3.8, 4) is 0 Å². The van der Waals surface area contributed by atoms with Crippen molar-refractivity contribution in [1.82, 2.24) is 0 Å². The number of carbonyl (C=O) groups excluding carboxylic acids is 3. The summed E-state index contributed by atoms with van der Waals surface area (Å²) in [5.74, 6) is -1.41. The predicted molar refractivity (Wildman–Crippen MR) is 89.2 cm³/mol. The van der Waals surface area contributed by atoms with Crippen LogP contribution >= 0.6 is 0 Å². The van der Waals surface area contributed by atoms with Crippen LogP contribution in [0.3, 0.4) is 0 Å². The lowest BCUT2D eigenvalue weighted by atomic mass is 10.1. The first-order valence-electron chi connectivity index (χ1n) is 7.40. The van der Waals surface area contributed by atoms with Gasteiger partial charge in [0.2, 0.25) is 0 Å². The largest absolute Gasteiger partial charge is 0.458 e. The first kappa shape index (κ1) is 15.7. The Labute approximate surface area is 139 Å². The molecule has 1 aliphatic heterocycles. The van der Waals surface area contributed by atoms with Gasteiger partial charge in [-0.15, -0.1) is 0 Å². The molecule has 0 radical (unpaired) electrons. The summed E-state index contributed by atoms with van der Waals surface area (Å²) in [6, 6.07) is 11.5. The Morgan fingerprint density at radius 3 is 2.58 bits per heavy atom. The molecule has 0 fully saturated rings. The van der Waals surface area contributed by atoms with Gasteiger partial charge in [0.15, 0.2) is 0 Å². The molecule has 0 aromatic heterocycles. The maximum absolute atomic E-state index is 12.6. The smallest absolute Gasteiger partial charge is 0.338 e. The summed E-state index contributed by atoms with van der Waals surface area (Å²) >= 11 is 0. The summed E-state index contributed by atoms with van der Waals surface area (Å²) in [7, 11) is 0. The first-order chi connectivity index (χ1) is 11.5. The standard InChI is InChI=1S/C19H15NO4/c1-3-9-24-19(23)13-7-8-15-16(11-13)18(22)20(17(15)21)14-6-4-5-12(2)10-14/h3-8,10-11H,1,9H2,2H3. The average molecular weight is 321 g/mol. The third-order valence-corrected chi connectivity index (χ3v) is 3.71. The molecule has 0 saturated heterocycles. The topological polar surface area (TPSA) is 63.7 Å². The minimum Gasteiger partial charge on any atom is -0.458 e. The summed E-state index contributed by atoms with van der Waals surface area (Å²) in [5.41, 5.74) is 2.16. The van der Waals surface area contributed by atoms with E-state index in [2.05, 4.69) is 6.58 Å². The van der Waals surface area contributed by atoms with Gasteiger partial charge < -0.3 is 4.74 Å². The first-order valence-corrected chi connectivity index (χ1v) is 7.40. The number of benzene rings is 2. The maximum atomic E-state index is 12.6. The number of nitrogens with zero attached hydrogens (tertiary/aromatic N) is 1. The monoisotopic (exact) mass is 321 g/mol. The summed E-state index contributed by atoms with van der Waals surface area (Å²) in [6.45, 7) is 5.44. The Kier molecular flexibility index (Phi) is 4.00. The van der Waals surface area contributed by atoms with Crippen LogP contribution in [0.4, 0.5) is 5.69 Å². The van der Waals surface area contributed by atoms with Crippen LogP contribution in [-0.4, -0.2) is 24.4 Å². The number of ether oxygens (including phenoxy) is 1. The van der Waals surface area contributed by atoms with Gasteiger partial charge in [0.1, 0.15) is 6.61 Å². The van der Waals surface area contributed by atoms with Crippen molar-refractivity contribution >= 4 is 23.5 Å². The Balaban J connectivity index is 1.97. The number of imide groups is 1. The highest BCUT2D eigenvalue weighted by Crippen LogP contribution is 2.29. The fourth-order valence-corrected chi connectivity index (χ4v) is 2.59. The van der Waals surface area contributed by atoms with Crippen molar-refractivity contribution in [2.75, 3.05) is 11.5 Å². The van der Waals surface area contributed by atoms with Crippen LogP contribution < -0.4 is 4.90 Å². The molecule has 0 atom stereocenters. The number of esters is 1. The molecule has 5 heteroatoms. The maximum Gasteiger partial charge on any atom is 0.338 e. The normalized spacial score (nSPS) is 13.0. The highest BCUT2D eigenvalue weighted by molar-refractivity contribution is 6.34. The van der Waals surface area contributed by atoms with Gasteiger partial charge in [0.05, 0.1) is 22.4 Å². The highest BCUT2D eigenvalue weighted by Gasteiger charge is 2.37. The lowest BCUT2D eigenvalue weighted by Gasteiger charge is -2.14. The lowest BCUT2D eigenvalue weighted by molar-refractivity contribution is 0.0549. The summed E-state index contributed by atoms with van der Waals surface area (Å²) in [4.78, 5) is 38.2. The number of fused-ring (bicyclic) bond motifs is 1. The van der Waals surface area contributed by atoms with Gasteiger partial charge in [-0.25, -0.2) is 9.69 Å². The van der Waals surface area contributed by atoms with Crippen LogP contribution in [0.15, 0.2) is 55.1 Å². The van der Waals surface area contributed by atoms with Crippen LogP contribution in [0, 0.1) is 6.92 Å². The number of amides is 2. The zero-order chi connectivity index (χ0) is 17.3. The van der Waals surface area contributed by atoms with Gasteiger partial charge in [-0.1, -0.05) is 24.8 Å². The van der Waals surface area contributed by atoms with E-state index in [0.29, 0.717) is 5.69 Å². The number of rotatable bonds is 4. The highest BCUT2D eigenvalue weighted by atomic mass is 16.5. The van der Waals surface area contributed by atoms with Crippen LogP contribution in [0.25, 0.3) is 0 Å². The minimum atomic E-state index is -0.563. The zero-order valence-electron chi connectivity index (χ0n) is 13.1. The molecule has 2 amide bonds. The van der Waals surface area contributed by atoms with E-state index in [1.165, 1.54) is 24.3 Å². The molecule has 0 spiro atoms. The molecule has 0 unspecified atom stereocenters. The Bertz CT molecular complexity index is 869. The van der Waals surface area contributed by atoms with Crippen LogP contribution in [0.5, 0.6) is 0 Å². The molecule has 0 N–H and O–H groups in total. The fraction of sp³-hybridized carbons (Fsp3) is 0.105. The van der Waals surface area contributed by atoms with Gasteiger partial charge >= 0.3 is 5.97 Å². The van der Waals surface area contributed by atoms with Gasteiger partial charge in [-0.3, -0.25) is 9.59 Å². The van der Waals surface area contributed by atoms with Crippen molar-refractivity contribution in [2.24, 2.45) is 0 Å². The van der Waals surface area contributed by atoms with E-state index in [0.717, 1.165) is 10.5 Å². The number of anilines is 1. The third-order valence-electron chi connectivity index (χ3n) is 3.71. The molecular weight excluding hydrogens is 306 g/mol. The number of hydrogen-bond acceptors (Lipinski definition) is 4. The van der Waals surface area contributed by atoms with E-state index in [9.17, 15) is 14.4 Å². The zero-order valence-corrected chi connectivity index (χ0v) is 13.1. The fourth-order valence-electron chi connectivity index (χ4n) is 2.59. The van der Waals surface area contributed by atoms with Crippen molar-refractivity contribution in [2.45, 2.75) is 6.92 Å². The minimum absolute atomic E-state index is 0.0816. The predicted octanol–water partition coefficient (Wildman–Crippen LogP) is 3.14. The summed E-state index contributed by atoms with van der Waals surface area (Å²) in [5, 5.41) is 0. The molecule has 3 rings (SSSR count). The molecule has 2 aromatic carbocycles. The second kappa shape index (κ2) is 6.12. The summed E-state index contributed by atoms with van der Waals surface area (Å²) in [6.07, 6.45) is 1.46. The molecule has 2 aromatic rings. The second-order valence-corrected chi connectivity index (χ2v) is 5.43. The summed E-state index contributed by atoms with van der Waals surface area (Å²) < 4.78 is 4.96. The van der Waals surface area contributed by atoms with E-state index in [-0.39, 0.29) is 23.3 Å². The van der Waals surface area contributed by atoms with Gasteiger partial charge in [-0.05, 0) is 42.8 Å². The van der Waals surface area contributed by atoms with Gasteiger partial charge in [-0.2, -0.15) is 0 Å². The van der Waals surface area contributed by atoms with Crippen molar-refractivity contribution in [3.05, 3.63) is 77.4 Å². The lowest BCUT2D eigenvalue weighted by Crippen LogP contribution is -2.29. The Morgan fingerprint density at radius 1 is 1.12 bits per heavy atom. The molecule has 0 saturated carbocycles. The average Bonchev–Trinajstić information content (AvgIpc) is 2.83. The van der Waals surface area contributed by atoms with E-state index in [1.807, 2.05) is 13.0 Å². The number of carbonyl (C=O) groups is 3. The molecule has 0 bridgehead atoms. The van der Waals surface area contributed by atoms with Crippen molar-refractivity contribution < 1.29 is 19.1 Å². The van der Waals surface area contributed by atoms with E-state index >= 15 is 0 Å². The van der Waals surface area contributed by atoms with Crippen molar-refractivity contribution in [1.29, 1.82) is 0 Å². The van der Waals surface area contributed by atoms with Gasteiger partial charge in [0.25, 0.3) is 11.8 Å². The quantitative estimate of drug-likeness (QED) is 0.493. The Morgan fingerprint density at radius 2 is 1.88 bits per heavy atom. The van der Waals surface area contributed by atoms with Crippen molar-refractivity contribution in [3.63, 3.8) is 0 Å². The van der Waals surface area contributed by atoms with E-state index in [1.54, 1.807) is 18.2 Å². The molecule has 5 nitrogen and oxygen atoms in total. The SMILES string of the molecule is C=CCOC(=O)c1ccc2c(c1)C(=O)N(c1cccc(C)c1)C2=O. The molecule has 1 aliphatic rings. The van der Waals surface area contributed by atoms with Gasteiger partial charge in [0, 0.05) is 0 Å².